The van der Waals surface area contributed by atoms with Crippen molar-refractivity contribution in [2.45, 2.75) is 64.3 Å². The van der Waals surface area contributed by atoms with Crippen molar-refractivity contribution in [3.05, 3.63) is 5.82 Å². The number of nitrogens with one attached hydrogen (secondary N) is 1. The molecule has 0 aromatic carbocycles. The topological polar surface area (TPSA) is 55.6 Å². The van der Waals surface area contributed by atoms with Gasteiger partial charge >= 0.3 is 0 Å². The molecule has 1 unspecified atom stereocenters. The summed E-state index contributed by atoms with van der Waals surface area (Å²) in [4.78, 5) is 1.55. The number of tetrazole rings is 1. The van der Waals surface area contributed by atoms with Crippen molar-refractivity contribution in [1.82, 2.24) is 25.5 Å². The zero-order valence-electron chi connectivity index (χ0n) is 12.3. The van der Waals surface area contributed by atoms with Crippen LogP contribution in [-0.2, 0) is 13.5 Å². The number of rotatable bonds is 5. The molecule has 0 saturated heterocycles. The fourth-order valence-electron chi connectivity index (χ4n) is 3.16. The van der Waals surface area contributed by atoms with Crippen LogP contribution in [0.2, 0.25) is 0 Å². The molecule has 0 aliphatic heterocycles. The van der Waals surface area contributed by atoms with Crippen molar-refractivity contribution in [2.24, 2.45) is 13.0 Å². The second-order valence-corrected chi connectivity index (χ2v) is 5.67. The summed E-state index contributed by atoms with van der Waals surface area (Å²) in [7, 11) is 1.83. The lowest BCUT2D eigenvalue weighted by Gasteiger charge is -2.28. The van der Waals surface area contributed by atoms with Gasteiger partial charge in [0, 0.05) is 12.5 Å². The van der Waals surface area contributed by atoms with E-state index in [4.69, 9.17) is 0 Å². The molecular formula is C14H27N5. The van der Waals surface area contributed by atoms with Crippen molar-refractivity contribution in [3.63, 3.8) is 0 Å². The first-order chi connectivity index (χ1) is 9.29. The molecule has 0 spiro atoms. The van der Waals surface area contributed by atoms with Gasteiger partial charge in [-0.2, -0.15) is 4.80 Å². The molecular weight excluding hydrogens is 238 g/mol. The Labute approximate surface area is 116 Å². The Morgan fingerprint density at radius 2 is 1.89 bits per heavy atom. The Bertz CT molecular complexity index is 354. The highest BCUT2D eigenvalue weighted by Crippen LogP contribution is 2.26. The van der Waals surface area contributed by atoms with E-state index in [0.717, 1.165) is 24.7 Å². The smallest absolute Gasteiger partial charge is 0.176 e. The molecule has 1 fully saturated rings. The fraction of sp³-hybridized carbons (Fsp3) is 0.929. The van der Waals surface area contributed by atoms with Crippen LogP contribution in [0, 0.1) is 5.92 Å². The van der Waals surface area contributed by atoms with Gasteiger partial charge in [-0.1, -0.05) is 39.0 Å². The van der Waals surface area contributed by atoms with Crippen LogP contribution in [0.3, 0.4) is 0 Å². The monoisotopic (exact) mass is 265 g/mol. The van der Waals surface area contributed by atoms with E-state index >= 15 is 0 Å². The summed E-state index contributed by atoms with van der Waals surface area (Å²) in [6, 6.07) is 0.507. The van der Waals surface area contributed by atoms with Gasteiger partial charge in [-0.3, -0.25) is 0 Å². The van der Waals surface area contributed by atoms with Gasteiger partial charge in [0.1, 0.15) is 0 Å². The predicted octanol–water partition coefficient (Wildman–Crippen LogP) is 2.09. The highest BCUT2D eigenvalue weighted by Gasteiger charge is 2.23. The van der Waals surface area contributed by atoms with Gasteiger partial charge in [-0.05, 0) is 30.5 Å². The van der Waals surface area contributed by atoms with Crippen LogP contribution in [-0.4, -0.2) is 32.8 Å². The Hall–Kier alpha value is -0.970. The maximum Gasteiger partial charge on any atom is 0.176 e. The van der Waals surface area contributed by atoms with E-state index in [1.54, 1.807) is 4.80 Å². The molecule has 19 heavy (non-hydrogen) atoms. The zero-order chi connectivity index (χ0) is 13.5. The Morgan fingerprint density at radius 1 is 1.21 bits per heavy atom. The van der Waals surface area contributed by atoms with Crippen molar-refractivity contribution in [3.8, 4) is 0 Å². The van der Waals surface area contributed by atoms with Crippen molar-refractivity contribution < 1.29 is 0 Å². The number of hydrogen-bond acceptors (Lipinski definition) is 4. The zero-order valence-corrected chi connectivity index (χ0v) is 12.3. The standard InChI is InChI=1S/C14H27N5/c1-3-15-13(11-14-16-18-19(2)17-14)12-9-7-5-4-6-8-10-12/h12-13,15H,3-11H2,1-2H3. The summed E-state index contributed by atoms with van der Waals surface area (Å²) in [6.07, 6.45) is 10.6. The first-order valence-corrected chi connectivity index (χ1v) is 7.76. The third-order valence-corrected chi connectivity index (χ3v) is 4.14. The van der Waals surface area contributed by atoms with Crippen molar-refractivity contribution >= 4 is 0 Å². The average molecular weight is 265 g/mol. The predicted molar refractivity (Wildman–Crippen MR) is 75.8 cm³/mol. The molecule has 1 aromatic heterocycles. The third-order valence-electron chi connectivity index (χ3n) is 4.14. The molecule has 108 valence electrons. The lowest BCUT2D eigenvalue weighted by atomic mass is 9.84. The minimum atomic E-state index is 0.507. The van der Waals surface area contributed by atoms with Gasteiger partial charge in [0.05, 0.1) is 7.05 Å². The van der Waals surface area contributed by atoms with Gasteiger partial charge < -0.3 is 5.32 Å². The van der Waals surface area contributed by atoms with E-state index in [9.17, 15) is 0 Å². The van der Waals surface area contributed by atoms with E-state index in [2.05, 4.69) is 27.7 Å². The fourth-order valence-corrected chi connectivity index (χ4v) is 3.16. The van der Waals surface area contributed by atoms with Crippen LogP contribution in [0.4, 0.5) is 0 Å². The quantitative estimate of drug-likeness (QED) is 0.885. The van der Waals surface area contributed by atoms with E-state index in [1.165, 1.54) is 44.9 Å². The molecule has 5 nitrogen and oxygen atoms in total. The molecule has 0 bridgehead atoms. The molecule has 0 radical (unpaired) electrons. The van der Waals surface area contributed by atoms with Crippen LogP contribution in [0.1, 0.15) is 57.7 Å². The Balaban J connectivity index is 1.96. The summed E-state index contributed by atoms with van der Waals surface area (Å²) in [5.41, 5.74) is 0. The van der Waals surface area contributed by atoms with E-state index in [0.29, 0.717) is 6.04 Å². The Morgan fingerprint density at radius 3 is 2.47 bits per heavy atom. The average Bonchev–Trinajstić information content (AvgIpc) is 2.74. The largest absolute Gasteiger partial charge is 0.314 e. The second-order valence-electron chi connectivity index (χ2n) is 5.67. The summed E-state index contributed by atoms with van der Waals surface area (Å²) in [5, 5.41) is 16.0. The van der Waals surface area contributed by atoms with E-state index in [1.807, 2.05) is 7.05 Å². The highest BCUT2D eigenvalue weighted by molar-refractivity contribution is 4.88. The number of hydrogen-bond donors (Lipinski definition) is 1. The lowest BCUT2D eigenvalue weighted by Crippen LogP contribution is -2.38. The summed E-state index contributed by atoms with van der Waals surface area (Å²) < 4.78 is 0. The van der Waals surface area contributed by atoms with Crippen molar-refractivity contribution in [1.29, 1.82) is 0 Å². The van der Waals surface area contributed by atoms with Crippen molar-refractivity contribution in [2.75, 3.05) is 6.54 Å². The molecule has 0 amide bonds. The van der Waals surface area contributed by atoms with Crippen LogP contribution >= 0.6 is 0 Å². The van der Waals surface area contributed by atoms with Gasteiger partial charge in [0.25, 0.3) is 0 Å². The molecule has 1 aliphatic rings. The maximum atomic E-state index is 4.32. The maximum absolute atomic E-state index is 4.32. The molecule has 1 aliphatic carbocycles. The van der Waals surface area contributed by atoms with Gasteiger partial charge in [-0.15, -0.1) is 10.2 Å². The first kappa shape index (κ1) is 14.4. The van der Waals surface area contributed by atoms with Crippen LogP contribution in [0.25, 0.3) is 0 Å². The number of likely N-dealkylation sites (N-methyl/N-ethyl adjacent to an activating group) is 1. The Kier molecular flexibility index (Phi) is 5.76. The number of aryl methyl sites for hydroxylation is 1. The van der Waals surface area contributed by atoms with Crippen LogP contribution < -0.4 is 5.32 Å². The number of nitrogens with zero attached hydrogens (tertiary/aromatic N) is 4. The molecule has 5 heteroatoms. The summed E-state index contributed by atoms with van der Waals surface area (Å²) >= 11 is 0. The molecule has 1 heterocycles. The summed E-state index contributed by atoms with van der Waals surface area (Å²) in [5.74, 6) is 1.64. The molecule has 1 aromatic rings. The number of aromatic nitrogens is 4. The lowest BCUT2D eigenvalue weighted by molar-refractivity contribution is 0.283. The van der Waals surface area contributed by atoms with Gasteiger partial charge in [0.2, 0.25) is 0 Å². The minimum Gasteiger partial charge on any atom is -0.314 e. The third kappa shape index (κ3) is 4.56. The minimum absolute atomic E-state index is 0.507. The van der Waals surface area contributed by atoms with E-state index in [-0.39, 0.29) is 0 Å². The SMILES string of the molecule is CCNC(Cc1nnn(C)n1)C1CCCCCCC1. The molecule has 1 saturated carbocycles. The highest BCUT2D eigenvalue weighted by atomic mass is 15.6. The normalized spacial score (nSPS) is 19.9. The van der Waals surface area contributed by atoms with Gasteiger partial charge in [0.15, 0.2) is 5.82 Å². The van der Waals surface area contributed by atoms with Gasteiger partial charge in [-0.25, -0.2) is 0 Å². The summed E-state index contributed by atoms with van der Waals surface area (Å²) in [6.45, 7) is 3.20. The molecule has 1 N–H and O–H groups in total. The van der Waals surface area contributed by atoms with E-state index < -0.39 is 0 Å². The molecule has 1 atom stereocenters. The second kappa shape index (κ2) is 7.58. The van der Waals surface area contributed by atoms with Crippen LogP contribution in [0.15, 0.2) is 0 Å². The van der Waals surface area contributed by atoms with Crippen LogP contribution in [0.5, 0.6) is 0 Å². The molecule has 2 rings (SSSR count). The first-order valence-electron chi connectivity index (χ1n) is 7.76.